The van der Waals surface area contributed by atoms with Crippen molar-refractivity contribution in [2.45, 2.75) is 98.8 Å². The van der Waals surface area contributed by atoms with Crippen molar-refractivity contribution in [3.63, 3.8) is 0 Å². The number of methoxy groups -OCH3 is 1. The van der Waals surface area contributed by atoms with Gasteiger partial charge in [0.2, 0.25) is 5.71 Å². The van der Waals surface area contributed by atoms with Crippen molar-refractivity contribution in [2.75, 3.05) is 43.1 Å². The molecule has 2 aromatic carbocycles. The maximum Gasteiger partial charge on any atom is 0.206 e. The number of rotatable bonds is 5. The normalized spacial score (nSPS) is 23.8. The number of nitrogens with zero attached hydrogens (tertiary/aromatic N) is 3. The molecular weight excluding hydrogens is 550 g/mol. The minimum Gasteiger partial charge on any atom is -0.496 e. The van der Waals surface area contributed by atoms with Gasteiger partial charge in [0.05, 0.1) is 7.11 Å². The summed E-state index contributed by atoms with van der Waals surface area (Å²) in [5, 5.41) is 0. The van der Waals surface area contributed by atoms with Gasteiger partial charge in [-0.25, -0.2) is 4.58 Å². The quantitative estimate of drug-likeness (QED) is 0.317. The molecule has 0 aromatic heterocycles. The van der Waals surface area contributed by atoms with Gasteiger partial charge < -0.3 is 14.5 Å². The van der Waals surface area contributed by atoms with E-state index in [0.29, 0.717) is 0 Å². The summed E-state index contributed by atoms with van der Waals surface area (Å²) in [6.45, 7) is 24.9. The van der Waals surface area contributed by atoms with E-state index in [4.69, 9.17) is 4.74 Å². The number of likely N-dealkylation sites (N-methyl/N-ethyl adjacent to an activating group) is 2. The monoisotopic (exact) mass is 604 g/mol. The molecule has 4 heteroatoms. The number of aryl methyl sites for hydroxylation is 3. The Labute approximate surface area is 272 Å². The minimum absolute atomic E-state index is 0.0237. The first-order chi connectivity index (χ1) is 21.4. The summed E-state index contributed by atoms with van der Waals surface area (Å²) in [5.74, 6) is 0.974. The van der Waals surface area contributed by atoms with Gasteiger partial charge in [-0.1, -0.05) is 45.9 Å². The summed E-state index contributed by atoms with van der Waals surface area (Å²) in [5.41, 5.74) is 16.6. The molecule has 0 atom stereocenters. The van der Waals surface area contributed by atoms with Gasteiger partial charge in [0.25, 0.3) is 0 Å². The Morgan fingerprint density at radius 2 is 1.16 bits per heavy atom. The molecule has 2 aromatic rings. The largest absolute Gasteiger partial charge is 0.496 e. The third-order valence-corrected chi connectivity index (χ3v) is 11.1. The smallest absolute Gasteiger partial charge is 0.206 e. The fraction of sp³-hybridized carbons (Fsp3) is 0.488. The van der Waals surface area contributed by atoms with Gasteiger partial charge in [-0.3, -0.25) is 0 Å². The van der Waals surface area contributed by atoms with Crippen LogP contribution in [0.15, 0.2) is 71.1 Å². The third kappa shape index (κ3) is 5.09. The fourth-order valence-corrected chi connectivity index (χ4v) is 8.37. The number of benzene rings is 2. The fourth-order valence-electron chi connectivity index (χ4n) is 8.37. The van der Waals surface area contributed by atoms with Gasteiger partial charge >= 0.3 is 0 Å². The molecule has 238 valence electrons. The first-order valence-corrected chi connectivity index (χ1v) is 17.2. The first-order valence-electron chi connectivity index (χ1n) is 17.2. The van der Waals surface area contributed by atoms with Crippen LogP contribution in [0.5, 0.6) is 5.75 Å². The molecule has 6 rings (SSSR count). The second kappa shape index (κ2) is 11.7. The number of hydrogen-bond acceptors (Lipinski definition) is 3. The predicted octanol–water partition coefficient (Wildman–Crippen LogP) is 9.22. The summed E-state index contributed by atoms with van der Waals surface area (Å²) in [6, 6.07) is 9.39. The molecule has 1 aliphatic carbocycles. The third-order valence-electron chi connectivity index (χ3n) is 11.1. The number of fused-ring (bicyclic) bond motifs is 2. The number of allylic oxidation sites excluding steroid dienone is 8. The van der Waals surface area contributed by atoms with E-state index < -0.39 is 0 Å². The van der Waals surface area contributed by atoms with E-state index in [1.165, 1.54) is 80.3 Å². The molecular formula is C41H54N3O+. The van der Waals surface area contributed by atoms with Crippen LogP contribution in [0.4, 0.5) is 11.4 Å². The average Bonchev–Trinajstić information content (AvgIpc) is 3.75. The first kappa shape index (κ1) is 31.5. The van der Waals surface area contributed by atoms with Gasteiger partial charge in [0.1, 0.15) is 18.8 Å². The summed E-state index contributed by atoms with van der Waals surface area (Å²) in [7, 11) is 1.78. The van der Waals surface area contributed by atoms with E-state index in [-0.39, 0.29) is 10.8 Å². The zero-order chi connectivity index (χ0) is 32.3. The number of ether oxygens (including phenoxy) is 1. The van der Waals surface area contributed by atoms with Crippen molar-refractivity contribution in [2.24, 2.45) is 0 Å². The Balaban J connectivity index is 1.40. The van der Waals surface area contributed by atoms with Gasteiger partial charge in [-0.15, -0.1) is 0 Å². The summed E-state index contributed by atoms with van der Waals surface area (Å²) in [6.07, 6.45) is 14.6. The highest BCUT2D eigenvalue weighted by molar-refractivity contribution is 6.12. The van der Waals surface area contributed by atoms with Crippen LogP contribution in [0.25, 0.3) is 0 Å². The van der Waals surface area contributed by atoms with Crippen molar-refractivity contribution in [3.05, 3.63) is 98.9 Å². The van der Waals surface area contributed by atoms with Crippen LogP contribution in [0.1, 0.15) is 95.0 Å². The Kier molecular flexibility index (Phi) is 8.16. The molecule has 0 unspecified atom stereocenters. The molecule has 0 amide bonds. The van der Waals surface area contributed by atoms with Gasteiger partial charge in [-0.05, 0) is 106 Å². The van der Waals surface area contributed by atoms with Crippen molar-refractivity contribution in [3.8, 4) is 5.75 Å². The van der Waals surface area contributed by atoms with Crippen LogP contribution >= 0.6 is 0 Å². The standard InChI is InChI=1S/C41H54N3O/c1-11-43-34-24-28(4)27(3)23-32(34)40(6,7)37(43)19-17-30-15-16-31(39(30)42-21-13-14-22-42)18-20-38-41(8,9)33-26-36(45-10)29(5)25-35(33)44(38)12-2/h17-20,23-26H,11-16,21-22H2,1-10H3/q+1. The Morgan fingerprint density at radius 3 is 1.64 bits per heavy atom. The zero-order valence-electron chi connectivity index (χ0n) is 29.5. The lowest BCUT2D eigenvalue weighted by Crippen LogP contribution is -2.26. The predicted molar refractivity (Wildman–Crippen MR) is 192 cm³/mol. The molecule has 1 saturated heterocycles. The van der Waals surface area contributed by atoms with Gasteiger partial charge in [0.15, 0.2) is 0 Å². The zero-order valence-corrected chi connectivity index (χ0v) is 29.5. The van der Waals surface area contributed by atoms with E-state index in [1.807, 2.05) is 0 Å². The maximum atomic E-state index is 5.73. The molecule has 3 aliphatic heterocycles. The van der Waals surface area contributed by atoms with Crippen LogP contribution in [0.2, 0.25) is 0 Å². The van der Waals surface area contributed by atoms with Crippen molar-refractivity contribution >= 4 is 17.1 Å². The lowest BCUT2D eigenvalue weighted by atomic mass is 9.82. The molecule has 4 aliphatic rings. The molecule has 0 radical (unpaired) electrons. The van der Waals surface area contributed by atoms with Crippen LogP contribution in [-0.4, -0.2) is 43.6 Å². The molecule has 45 heavy (non-hydrogen) atoms. The second-order valence-electron chi connectivity index (χ2n) is 14.6. The lowest BCUT2D eigenvalue weighted by Gasteiger charge is -2.26. The molecule has 0 bridgehead atoms. The Hall–Kier alpha value is -3.53. The van der Waals surface area contributed by atoms with Crippen molar-refractivity contribution in [1.29, 1.82) is 0 Å². The van der Waals surface area contributed by atoms with E-state index in [2.05, 4.69) is 125 Å². The highest BCUT2D eigenvalue weighted by atomic mass is 16.5. The van der Waals surface area contributed by atoms with Crippen LogP contribution in [0, 0.1) is 20.8 Å². The highest BCUT2D eigenvalue weighted by Crippen LogP contribution is 2.50. The summed E-state index contributed by atoms with van der Waals surface area (Å²) >= 11 is 0. The van der Waals surface area contributed by atoms with E-state index in [9.17, 15) is 0 Å². The molecule has 3 heterocycles. The lowest BCUT2D eigenvalue weighted by molar-refractivity contribution is -0.505. The molecule has 0 N–H and O–H groups in total. The van der Waals surface area contributed by atoms with Crippen LogP contribution < -0.4 is 14.5 Å². The Bertz CT molecular complexity index is 1690. The summed E-state index contributed by atoms with van der Waals surface area (Å²) in [4.78, 5) is 5.05. The number of anilines is 2. The molecule has 0 spiro atoms. The topological polar surface area (TPSA) is 18.7 Å². The molecule has 2 fully saturated rings. The van der Waals surface area contributed by atoms with E-state index in [1.54, 1.807) is 7.11 Å². The van der Waals surface area contributed by atoms with E-state index in [0.717, 1.165) is 44.8 Å². The maximum absolute atomic E-state index is 5.73. The SMILES string of the molecule is CCN1C(=CC=C2CC/C(=C\C=C3\N(CC)c4cc(C)c(OC)cc4C3(C)C)C2=[N+]2CCCC2)C(C)(C)c2cc(C)c(C)cc21. The van der Waals surface area contributed by atoms with Crippen LogP contribution in [0.3, 0.4) is 0 Å². The van der Waals surface area contributed by atoms with Crippen molar-refractivity contribution in [1.82, 2.24) is 0 Å². The highest BCUT2D eigenvalue weighted by Gasteiger charge is 2.41. The van der Waals surface area contributed by atoms with Crippen LogP contribution in [-0.2, 0) is 10.8 Å². The average molecular weight is 605 g/mol. The Morgan fingerprint density at radius 1 is 0.689 bits per heavy atom. The second-order valence-corrected chi connectivity index (χ2v) is 14.6. The van der Waals surface area contributed by atoms with Gasteiger partial charge in [-0.2, -0.15) is 0 Å². The minimum atomic E-state index is -0.0950. The summed E-state index contributed by atoms with van der Waals surface area (Å²) < 4.78 is 8.40. The number of hydrogen-bond donors (Lipinski definition) is 0. The molecule has 1 saturated carbocycles. The molecule has 4 nitrogen and oxygen atoms in total. The van der Waals surface area contributed by atoms with Crippen molar-refractivity contribution < 1.29 is 9.31 Å². The van der Waals surface area contributed by atoms with Gasteiger partial charge in [0, 0.05) is 70.7 Å². The van der Waals surface area contributed by atoms with E-state index >= 15 is 0 Å².